The maximum Gasteiger partial charge on any atom is 0.200 e. The molecule has 3 aromatic carbocycles. The van der Waals surface area contributed by atoms with Crippen LogP contribution in [0.3, 0.4) is 0 Å². The van der Waals surface area contributed by atoms with Gasteiger partial charge in [0.15, 0.2) is 11.5 Å². The molecular weight excluding hydrogens is 344 g/mol. The Morgan fingerprint density at radius 1 is 0.519 bits per heavy atom. The number of phenolic OH excluding ortho intramolecular Hbond substituents is 5. The Labute approximate surface area is 157 Å². The summed E-state index contributed by atoms with van der Waals surface area (Å²) in [5.41, 5.74) is 2.63. The van der Waals surface area contributed by atoms with Crippen LogP contribution in [0.25, 0.3) is 0 Å². The number of aromatic hydroxyl groups is 5. The van der Waals surface area contributed by atoms with Gasteiger partial charge in [-0.25, -0.2) is 0 Å². The molecule has 2 atom stereocenters. The van der Waals surface area contributed by atoms with Crippen LogP contribution in [-0.2, 0) is 0 Å². The average molecular weight is 366 g/mol. The number of benzene rings is 3. The second-order valence-electron chi connectivity index (χ2n) is 6.73. The molecule has 0 spiro atoms. The highest BCUT2D eigenvalue weighted by Gasteiger charge is 2.24. The van der Waals surface area contributed by atoms with E-state index in [0.717, 1.165) is 11.1 Å². The molecule has 0 amide bonds. The van der Waals surface area contributed by atoms with Crippen molar-refractivity contribution in [2.24, 2.45) is 0 Å². The number of rotatable bonds is 4. The molecule has 0 saturated carbocycles. The van der Waals surface area contributed by atoms with Crippen molar-refractivity contribution in [2.75, 3.05) is 0 Å². The molecule has 5 heteroatoms. The maximum absolute atomic E-state index is 10.4. The molecule has 3 rings (SSSR count). The number of hydrogen-bond donors (Lipinski definition) is 5. The molecule has 0 fully saturated rings. The molecule has 0 aromatic heterocycles. The fraction of sp³-hybridized carbons (Fsp3) is 0.182. The summed E-state index contributed by atoms with van der Waals surface area (Å²) in [6.07, 6.45) is 0. The molecule has 0 aliphatic carbocycles. The van der Waals surface area contributed by atoms with Gasteiger partial charge >= 0.3 is 0 Å². The van der Waals surface area contributed by atoms with Crippen molar-refractivity contribution in [2.45, 2.75) is 25.7 Å². The summed E-state index contributed by atoms with van der Waals surface area (Å²) < 4.78 is 0. The third kappa shape index (κ3) is 3.49. The van der Waals surface area contributed by atoms with E-state index >= 15 is 0 Å². The second kappa shape index (κ2) is 7.11. The van der Waals surface area contributed by atoms with Crippen LogP contribution in [0.4, 0.5) is 0 Å². The molecule has 5 nitrogen and oxygen atoms in total. The third-order valence-corrected chi connectivity index (χ3v) is 5.03. The van der Waals surface area contributed by atoms with E-state index in [1.165, 1.54) is 0 Å². The minimum Gasteiger partial charge on any atom is -0.508 e. The Morgan fingerprint density at radius 3 is 1.19 bits per heavy atom. The Kier molecular flexibility index (Phi) is 4.86. The predicted octanol–water partition coefficient (Wildman–Crippen LogP) is 4.52. The molecule has 0 aliphatic rings. The Morgan fingerprint density at radius 2 is 0.852 bits per heavy atom. The van der Waals surface area contributed by atoms with Gasteiger partial charge in [0.05, 0.1) is 0 Å². The summed E-state index contributed by atoms with van der Waals surface area (Å²) >= 11 is 0. The van der Waals surface area contributed by atoms with Gasteiger partial charge in [0.2, 0.25) is 5.75 Å². The zero-order chi connectivity index (χ0) is 19.7. The number of hydrogen-bond acceptors (Lipinski definition) is 5. The summed E-state index contributed by atoms with van der Waals surface area (Å²) in [5.74, 6) is -1.55. The Balaban J connectivity index is 2.08. The normalized spacial score (nSPS) is 13.3. The fourth-order valence-electron chi connectivity index (χ4n) is 3.24. The minimum absolute atomic E-state index is 0.144. The smallest absolute Gasteiger partial charge is 0.200 e. The summed E-state index contributed by atoms with van der Waals surface area (Å²) in [6, 6.07) is 14.9. The van der Waals surface area contributed by atoms with Gasteiger partial charge in [-0.05, 0) is 41.5 Å². The second-order valence-corrected chi connectivity index (χ2v) is 6.73. The molecule has 0 bridgehead atoms. The predicted molar refractivity (Wildman–Crippen MR) is 103 cm³/mol. The first-order chi connectivity index (χ1) is 12.8. The van der Waals surface area contributed by atoms with Gasteiger partial charge < -0.3 is 25.5 Å². The van der Waals surface area contributed by atoms with Crippen LogP contribution in [0.15, 0.2) is 54.6 Å². The summed E-state index contributed by atoms with van der Waals surface area (Å²) in [6.45, 7) is 3.74. The summed E-state index contributed by atoms with van der Waals surface area (Å²) in [5, 5.41) is 50.0. The monoisotopic (exact) mass is 366 g/mol. The van der Waals surface area contributed by atoms with Crippen molar-refractivity contribution < 1.29 is 25.5 Å². The zero-order valence-electron chi connectivity index (χ0n) is 15.1. The largest absolute Gasteiger partial charge is 0.508 e. The molecule has 0 heterocycles. The molecule has 0 radical (unpaired) electrons. The van der Waals surface area contributed by atoms with Crippen LogP contribution in [0.5, 0.6) is 28.7 Å². The molecule has 27 heavy (non-hydrogen) atoms. The molecule has 2 unspecified atom stereocenters. The zero-order valence-corrected chi connectivity index (χ0v) is 15.1. The van der Waals surface area contributed by atoms with Gasteiger partial charge in [-0.3, -0.25) is 0 Å². The van der Waals surface area contributed by atoms with Crippen molar-refractivity contribution in [3.63, 3.8) is 0 Å². The van der Waals surface area contributed by atoms with Gasteiger partial charge in [0, 0.05) is 23.0 Å². The first-order valence-corrected chi connectivity index (χ1v) is 8.65. The van der Waals surface area contributed by atoms with Crippen LogP contribution in [0.2, 0.25) is 0 Å². The van der Waals surface area contributed by atoms with E-state index in [1.54, 1.807) is 54.6 Å². The third-order valence-electron chi connectivity index (χ3n) is 5.03. The van der Waals surface area contributed by atoms with E-state index < -0.39 is 5.75 Å². The lowest BCUT2D eigenvalue weighted by Gasteiger charge is -2.21. The van der Waals surface area contributed by atoms with E-state index in [2.05, 4.69) is 0 Å². The topological polar surface area (TPSA) is 101 Å². The molecular formula is C22H22O5. The van der Waals surface area contributed by atoms with Crippen molar-refractivity contribution in [1.29, 1.82) is 0 Å². The van der Waals surface area contributed by atoms with Crippen LogP contribution in [0.1, 0.15) is 47.9 Å². The average Bonchev–Trinajstić information content (AvgIpc) is 2.66. The maximum atomic E-state index is 10.4. The van der Waals surface area contributed by atoms with E-state index in [1.807, 2.05) is 13.8 Å². The van der Waals surface area contributed by atoms with Crippen LogP contribution >= 0.6 is 0 Å². The first kappa shape index (κ1) is 18.5. The molecule has 0 aliphatic heterocycles. The lowest BCUT2D eigenvalue weighted by atomic mass is 9.86. The molecule has 140 valence electrons. The number of phenols is 5. The van der Waals surface area contributed by atoms with Crippen molar-refractivity contribution in [3.05, 3.63) is 76.9 Å². The SMILES string of the molecule is CC(c1ccc(O)cc1)c1cc(C(C)c2ccc(O)cc2)c(O)c(O)c1O. The molecule has 5 N–H and O–H groups in total. The van der Waals surface area contributed by atoms with Crippen LogP contribution < -0.4 is 0 Å². The highest BCUT2D eigenvalue weighted by atomic mass is 16.3. The van der Waals surface area contributed by atoms with E-state index in [-0.39, 0.29) is 34.8 Å². The summed E-state index contributed by atoms with van der Waals surface area (Å²) in [4.78, 5) is 0. The van der Waals surface area contributed by atoms with Gasteiger partial charge in [-0.1, -0.05) is 38.1 Å². The van der Waals surface area contributed by atoms with Gasteiger partial charge in [-0.15, -0.1) is 0 Å². The lowest BCUT2D eigenvalue weighted by molar-refractivity contribution is 0.360. The molecule has 3 aromatic rings. The highest BCUT2D eigenvalue weighted by molar-refractivity contribution is 5.61. The van der Waals surface area contributed by atoms with Crippen molar-refractivity contribution in [3.8, 4) is 28.7 Å². The fourth-order valence-corrected chi connectivity index (χ4v) is 3.24. The van der Waals surface area contributed by atoms with E-state index in [9.17, 15) is 25.5 Å². The van der Waals surface area contributed by atoms with Gasteiger partial charge in [0.1, 0.15) is 11.5 Å². The Hall–Kier alpha value is -3.34. The van der Waals surface area contributed by atoms with Crippen LogP contribution in [0, 0.1) is 0 Å². The van der Waals surface area contributed by atoms with E-state index in [0.29, 0.717) is 11.1 Å². The molecule has 0 saturated heterocycles. The first-order valence-electron chi connectivity index (χ1n) is 8.65. The lowest BCUT2D eigenvalue weighted by Crippen LogP contribution is -2.02. The van der Waals surface area contributed by atoms with Crippen molar-refractivity contribution >= 4 is 0 Å². The van der Waals surface area contributed by atoms with Crippen molar-refractivity contribution in [1.82, 2.24) is 0 Å². The Bertz CT molecular complexity index is 870. The quantitative estimate of drug-likeness (QED) is 0.437. The van der Waals surface area contributed by atoms with Gasteiger partial charge in [-0.2, -0.15) is 0 Å². The standard InChI is InChI=1S/C22H22O5/c1-12(14-3-7-16(23)8-4-14)18-11-19(21(26)22(27)20(18)25)13(2)15-5-9-17(24)10-6-15/h3-13,23-27H,1-2H3. The van der Waals surface area contributed by atoms with Crippen LogP contribution in [-0.4, -0.2) is 25.5 Å². The van der Waals surface area contributed by atoms with Gasteiger partial charge in [0.25, 0.3) is 0 Å². The minimum atomic E-state index is -0.557. The highest BCUT2D eigenvalue weighted by Crippen LogP contribution is 2.47. The summed E-state index contributed by atoms with van der Waals surface area (Å²) in [7, 11) is 0. The van der Waals surface area contributed by atoms with E-state index in [4.69, 9.17) is 0 Å².